The monoisotopic (exact) mass is 322 g/mol. The third kappa shape index (κ3) is 3.34. The van der Waals surface area contributed by atoms with Crippen LogP contribution in [0.3, 0.4) is 0 Å². The Kier molecular flexibility index (Phi) is 4.99. The summed E-state index contributed by atoms with van der Waals surface area (Å²) in [5.74, 6) is 5.36. The van der Waals surface area contributed by atoms with E-state index in [-0.39, 0.29) is 24.7 Å². The van der Waals surface area contributed by atoms with Gasteiger partial charge in [-0.3, -0.25) is 0 Å². The van der Waals surface area contributed by atoms with Crippen LogP contribution in [0.25, 0.3) is 0 Å². The lowest BCUT2D eigenvalue weighted by atomic mass is 9.59. The molecule has 1 aliphatic heterocycles. The van der Waals surface area contributed by atoms with Crippen molar-refractivity contribution in [3.63, 3.8) is 0 Å². The number of ether oxygens (including phenoxy) is 2. The summed E-state index contributed by atoms with van der Waals surface area (Å²) in [6, 6.07) is 0. The molecule has 130 valence electrons. The Labute approximate surface area is 139 Å². The van der Waals surface area contributed by atoms with E-state index in [0.717, 1.165) is 5.57 Å². The number of rotatable bonds is 1. The van der Waals surface area contributed by atoms with Crippen molar-refractivity contribution in [3.05, 3.63) is 11.6 Å². The van der Waals surface area contributed by atoms with Crippen LogP contribution in [0.4, 0.5) is 0 Å². The van der Waals surface area contributed by atoms with Gasteiger partial charge in [0.1, 0.15) is 5.60 Å². The predicted molar refractivity (Wildman–Crippen MR) is 89.6 cm³/mol. The van der Waals surface area contributed by atoms with Gasteiger partial charge >= 0.3 is 0 Å². The van der Waals surface area contributed by atoms with E-state index in [2.05, 4.69) is 11.8 Å². The second kappa shape index (κ2) is 6.22. The summed E-state index contributed by atoms with van der Waals surface area (Å²) in [7, 11) is 0. The zero-order valence-electron chi connectivity index (χ0n) is 15.1. The predicted octanol–water partition coefficient (Wildman–Crippen LogP) is 2.64. The summed E-state index contributed by atoms with van der Waals surface area (Å²) in [5.41, 5.74) is -0.828. The van der Waals surface area contributed by atoms with Crippen LogP contribution >= 0.6 is 0 Å². The first-order valence-electron chi connectivity index (χ1n) is 8.44. The average molecular weight is 322 g/mol. The molecule has 4 atom stereocenters. The smallest absolute Gasteiger partial charge is 0.170 e. The van der Waals surface area contributed by atoms with Gasteiger partial charge in [-0.1, -0.05) is 32.6 Å². The largest absolute Gasteiger partial charge is 0.392 e. The molecular formula is C19H30O4. The van der Waals surface area contributed by atoms with Gasteiger partial charge < -0.3 is 19.7 Å². The number of allylic oxidation sites excluding steroid dienone is 1. The summed E-state index contributed by atoms with van der Waals surface area (Å²) >= 11 is 0. The van der Waals surface area contributed by atoms with Crippen LogP contribution in [0, 0.1) is 23.2 Å². The van der Waals surface area contributed by atoms with E-state index in [0.29, 0.717) is 12.8 Å². The molecule has 4 heteroatoms. The Morgan fingerprint density at radius 1 is 1.22 bits per heavy atom. The van der Waals surface area contributed by atoms with Gasteiger partial charge in [0, 0.05) is 24.2 Å². The van der Waals surface area contributed by atoms with Crippen LogP contribution in [0.5, 0.6) is 0 Å². The quantitative estimate of drug-likeness (QED) is 0.729. The van der Waals surface area contributed by atoms with Crippen LogP contribution in [0.1, 0.15) is 54.4 Å². The highest BCUT2D eigenvalue weighted by Gasteiger charge is 2.60. The van der Waals surface area contributed by atoms with Crippen LogP contribution in [0.15, 0.2) is 11.6 Å². The maximum absolute atomic E-state index is 11.3. The molecule has 1 heterocycles. The van der Waals surface area contributed by atoms with E-state index in [1.54, 1.807) is 6.08 Å². The Balaban J connectivity index is 2.30. The molecule has 0 aromatic carbocycles. The van der Waals surface area contributed by atoms with Gasteiger partial charge in [-0.05, 0) is 32.4 Å². The maximum atomic E-state index is 11.3. The molecule has 1 spiro atoms. The molecule has 1 saturated carbocycles. The van der Waals surface area contributed by atoms with Crippen LogP contribution in [0.2, 0.25) is 0 Å². The zero-order valence-corrected chi connectivity index (χ0v) is 15.1. The van der Waals surface area contributed by atoms with Crippen molar-refractivity contribution in [2.75, 3.05) is 6.61 Å². The van der Waals surface area contributed by atoms with Crippen molar-refractivity contribution in [2.24, 2.45) is 11.3 Å². The first kappa shape index (κ1) is 18.5. The molecule has 2 N–H and O–H groups in total. The van der Waals surface area contributed by atoms with Crippen molar-refractivity contribution in [2.45, 2.75) is 78.0 Å². The van der Waals surface area contributed by atoms with E-state index in [1.165, 1.54) is 0 Å². The van der Waals surface area contributed by atoms with E-state index in [1.807, 2.05) is 41.5 Å². The standard InChI is InChI=1S/C19H30O4/c1-13(8-10-20)7-9-19(21)14(2)11-18(12-17(19,5)6)22-15(3)16(4)23-18/h8,14-16,20-21H,10-12H2,1-6H3/t14-,15-,16-,19+/m1/s1. The summed E-state index contributed by atoms with van der Waals surface area (Å²) in [6.45, 7) is 11.9. The number of aliphatic hydroxyl groups excluding tert-OH is 1. The maximum Gasteiger partial charge on any atom is 0.170 e. The molecule has 0 radical (unpaired) electrons. The highest BCUT2D eigenvalue weighted by Crippen LogP contribution is 2.54. The Morgan fingerprint density at radius 3 is 2.26 bits per heavy atom. The lowest BCUT2D eigenvalue weighted by molar-refractivity contribution is -0.257. The van der Waals surface area contributed by atoms with Crippen molar-refractivity contribution < 1.29 is 19.7 Å². The molecule has 2 rings (SSSR count). The first-order chi connectivity index (χ1) is 10.6. The number of aliphatic hydroxyl groups is 2. The normalized spacial score (nSPS) is 39.1. The van der Waals surface area contributed by atoms with Crippen LogP contribution < -0.4 is 0 Å². The molecule has 0 unspecified atom stereocenters. The second-order valence-electron chi connectivity index (χ2n) is 7.81. The summed E-state index contributed by atoms with van der Waals surface area (Å²) in [5, 5.41) is 20.2. The minimum atomic E-state index is -1.12. The van der Waals surface area contributed by atoms with Gasteiger partial charge in [-0.2, -0.15) is 0 Å². The highest BCUT2D eigenvalue weighted by molar-refractivity contribution is 5.33. The lowest BCUT2D eigenvalue weighted by Gasteiger charge is -2.53. The molecule has 1 aliphatic carbocycles. The van der Waals surface area contributed by atoms with Crippen LogP contribution in [-0.4, -0.2) is 40.4 Å². The van der Waals surface area contributed by atoms with Crippen molar-refractivity contribution in [3.8, 4) is 11.8 Å². The average Bonchev–Trinajstić information content (AvgIpc) is 2.68. The van der Waals surface area contributed by atoms with Gasteiger partial charge in [0.15, 0.2) is 5.79 Å². The Bertz CT molecular complexity index is 529. The van der Waals surface area contributed by atoms with Gasteiger partial charge in [0.2, 0.25) is 0 Å². The molecule has 23 heavy (non-hydrogen) atoms. The molecule has 4 nitrogen and oxygen atoms in total. The zero-order chi connectivity index (χ0) is 17.5. The fourth-order valence-corrected chi connectivity index (χ4v) is 3.91. The molecule has 1 saturated heterocycles. The third-order valence-corrected chi connectivity index (χ3v) is 5.38. The van der Waals surface area contributed by atoms with Gasteiger partial charge in [-0.15, -0.1) is 0 Å². The van der Waals surface area contributed by atoms with E-state index in [4.69, 9.17) is 14.6 Å². The molecular weight excluding hydrogens is 292 g/mol. The van der Waals surface area contributed by atoms with Gasteiger partial charge in [-0.25, -0.2) is 0 Å². The van der Waals surface area contributed by atoms with Gasteiger partial charge in [0.05, 0.1) is 18.8 Å². The van der Waals surface area contributed by atoms with Gasteiger partial charge in [0.25, 0.3) is 0 Å². The minimum Gasteiger partial charge on any atom is -0.392 e. The second-order valence-corrected chi connectivity index (χ2v) is 7.81. The summed E-state index contributed by atoms with van der Waals surface area (Å²) in [6.07, 6.45) is 2.99. The molecule has 0 aromatic heterocycles. The minimum absolute atomic E-state index is 0.0432. The topological polar surface area (TPSA) is 58.9 Å². The van der Waals surface area contributed by atoms with E-state index >= 15 is 0 Å². The fourth-order valence-electron chi connectivity index (χ4n) is 3.91. The SMILES string of the molecule is CC(C#C[C@]1(O)[C@H](C)CC2(CC1(C)C)O[C@H](C)[C@@H](C)O2)=CCO. The molecule has 0 bridgehead atoms. The molecule has 0 amide bonds. The highest BCUT2D eigenvalue weighted by atomic mass is 16.8. The fraction of sp³-hybridized carbons (Fsp3) is 0.789. The number of hydrogen-bond donors (Lipinski definition) is 2. The molecule has 2 fully saturated rings. The lowest BCUT2D eigenvalue weighted by Crippen LogP contribution is -2.59. The van der Waals surface area contributed by atoms with Crippen LogP contribution in [-0.2, 0) is 9.47 Å². The molecule has 2 aliphatic rings. The summed E-state index contributed by atoms with van der Waals surface area (Å²) < 4.78 is 12.3. The summed E-state index contributed by atoms with van der Waals surface area (Å²) in [4.78, 5) is 0. The van der Waals surface area contributed by atoms with E-state index in [9.17, 15) is 5.11 Å². The van der Waals surface area contributed by atoms with E-state index < -0.39 is 16.8 Å². The number of hydrogen-bond acceptors (Lipinski definition) is 4. The molecule has 0 aromatic rings. The van der Waals surface area contributed by atoms with Crippen molar-refractivity contribution in [1.82, 2.24) is 0 Å². The third-order valence-electron chi connectivity index (χ3n) is 5.38. The van der Waals surface area contributed by atoms with Crippen molar-refractivity contribution in [1.29, 1.82) is 0 Å². The Morgan fingerprint density at radius 2 is 1.78 bits per heavy atom. The first-order valence-corrected chi connectivity index (χ1v) is 8.44. The Hall–Kier alpha value is -0.860. The van der Waals surface area contributed by atoms with Crippen molar-refractivity contribution >= 4 is 0 Å².